The minimum Gasteiger partial charge on any atom is -0.367 e. The lowest BCUT2D eigenvalue weighted by atomic mass is 10.1. The van der Waals surface area contributed by atoms with Gasteiger partial charge in [-0.25, -0.2) is 0 Å². The summed E-state index contributed by atoms with van der Waals surface area (Å²) in [5.41, 5.74) is 2.76. The third-order valence-corrected chi connectivity index (χ3v) is 3.16. The summed E-state index contributed by atoms with van der Waals surface area (Å²) in [7, 11) is 0. The van der Waals surface area contributed by atoms with E-state index < -0.39 is 0 Å². The van der Waals surface area contributed by atoms with Crippen LogP contribution in [0.25, 0.3) is 0 Å². The van der Waals surface area contributed by atoms with Gasteiger partial charge in [0.25, 0.3) is 0 Å². The van der Waals surface area contributed by atoms with Crippen molar-refractivity contribution in [3.05, 3.63) is 29.8 Å². The fraction of sp³-hybridized carbons (Fsp3) is 0.462. The first-order valence-electron chi connectivity index (χ1n) is 5.58. The van der Waals surface area contributed by atoms with Crippen molar-refractivity contribution in [2.75, 3.05) is 11.4 Å². The predicted octanol–water partition coefficient (Wildman–Crippen LogP) is 2.74. The Labute approximate surface area is 91.1 Å². The second-order valence-corrected chi connectivity index (χ2v) is 4.00. The first kappa shape index (κ1) is 10.0. The van der Waals surface area contributed by atoms with Gasteiger partial charge in [0.05, 0.1) is 12.5 Å². The van der Waals surface area contributed by atoms with Gasteiger partial charge < -0.3 is 4.90 Å². The highest BCUT2D eigenvalue weighted by Gasteiger charge is 2.24. The van der Waals surface area contributed by atoms with Gasteiger partial charge in [-0.3, -0.25) is 0 Å². The Morgan fingerprint density at radius 2 is 2.27 bits per heavy atom. The quantitative estimate of drug-likeness (QED) is 0.750. The van der Waals surface area contributed by atoms with Crippen LogP contribution < -0.4 is 4.90 Å². The molecule has 0 radical (unpaired) electrons. The molecule has 2 nitrogen and oxygen atoms in total. The van der Waals surface area contributed by atoms with E-state index in [9.17, 15) is 0 Å². The number of nitriles is 1. The lowest BCUT2D eigenvalue weighted by Gasteiger charge is -2.27. The van der Waals surface area contributed by atoms with E-state index in [1.165, 1.54) is 11.3 Å². The Balaban J connectivity index is 2.23. The second-order valence-electron chi connectivity index (χ2n) is 4.00. The van der Waals surface area contributed by atoms with Crippen LogP contribution in [-0.2, 0) is 6.42 Å². The van der Waals surface area contributed by atoms with Crippen LogP contribution in [0, 0.1) is 11.3 Å². The van der Waals surface area contributed by atoms with E-state index in [2.05, 4.69) is 42.2 Å². The highest BCUT2D eigenvalue weighted by atomic mass is 15.2. The first-order chi connectivity index (χ1) is 7.36. The zero-order valence-electron chi connectivity index (χ0n) is 9.11. The van der Waals surface area contributed by atoms with Gasteiger partial charge in [-0.2, -0.15) is 5.26 Å². The maximum absolute atomic E-state index is 8.80. The molecule has 2 heteroatoms. The molecule has 0 bridgehead atoms. The van der Waals surface area contributed by atoms with Crippen molar-refractivity contribution in [1.82, 2.24) is 0 Å². The average Bonchev–Trinajstić information content (AvgIpc) is 2.70. The molecule has 0 fully saturated rings. The van der Waals surface area contributed by atoms with Crippen LogP contribution in [0.3, 0.4) is 0 Å². The van der Waals surface area contributed by atoms with Gasteiger partial charge in [-0.05, 0) is 24.5 Å². The molecular formula is C13H16N2. The molecule has 0 amide bonds. The molecule has 0 aliphatic carbocycles. The van der Waals surface area contributed by atoms with E-state index in [1.807, 2.05) is 0 Å². The lowest BCUT2D eigenvalue weighted by Crippen LogP contribution is -2.32. The standard InChI is InChI=1S/C13H16N2/c1-2-12(7-9-14)15-10-8-11-5-3-4-6-13(11)15/h3-6,12H,2,7-8,10H2,1H3. The van der Waals surface area contributed by atoms with E-state index in [-0.39, 0.29) is 0 Å². The van der Waals surface area contributed by atoms with Crippen molar-refractivity contribution in [2.24, 2.45) is 0 Å². The topological polar surface area (TPSA) is 27.0 Å². The minimum absolute atomic E-state index is 0.388. The van der Waals surface area contributed by atoms with E-state index >= 15 is 0 Å². The van der Waals surface area contributed by atoms with E-state index in [0.29, 0.717) is 12.5 Å². The van der Waals surface area contributed by atoms with Gasteiger partial charge in [-0.1, -0.05) is 25.1 Å². The first-order valence-corrected chi connectivity index (χ1v) is 5.58. The molecule has 1 aliphatic heterocycles. The fourth-order valence-electron chi connectivity index (χ4n) is 2.32. The maximum atomic E-state index is 8.80. The summed E-state index contributed by atoms with van der Waals surface area (Å²) in [5.74, 6) is 0. The Bertz CT molecular complexity index is 378. The Hall–Kier alpha value is -1.49. The normalized spacial score (nSPS) is 15.9. The van der Waals surface area contributed by atoms with Crippen LogP contribution in [0.2, 0.25) is 0 Å². The molecule has 78 valence electrons. The van der Waals surface area contributed by atoms with Crippen molar-refractivity contribution in [2.45, 2.75) is 32.2 Å². The van der Waals surface area contributed by atoms with Gasteiger partial charge in [0.1, 0.15) is 0 Å². The van der Waals surface area contributed by atoms with Gasteiger partial charge in [0.15, 0.2) is 0 Å². The number of hydrogen-bond donors (Lipinski definition) is 0. The summed E-state index contributed by atoms with van der Waals surface area (Å²) in [6.07, 6.45) is 2.80. The van der Waals surface area contributed by atoms with Crippen LogP contribution in [0.5, 0.6) is 0 Å². The van der Waals surface area contributed by atoms with Gasteiger partial charge in [0.2, 0.25) is 0 Å². The number of nitrogens with zero attached hydrogens (tertiary/aromatic N) is 2. The van der Waals surface area contributed by atoms with Crippen LogP contribution in [0.1, 0.15) is 25.3 Å². The summed E-state index contributed by atoms with van der Waals surface area (Å²) in [5, 5.41) is 8.80. The van der Waals surface area contributed by atoms with Crippen molar-refractivity contribution in [3.8, 4) is 6.07 Å². The molecule has 0 saturated heterocycles. The van der Waals surface area contributed by atoms with Gasteiger partial charge >= 0.3 is 0 Å². The molecule has 2 rings (SSSR count). The smallest absolute Gasteiger partial charge is 0.0643 e. The maximum Gasteiger partial charge on any atom is 0.0643 e. The zero-order valence-corrected chi connectivity index (χ0v) is 9.11. The number of hydrogen-bond acceptors (Lipinski definition) is 2. The SMILES string of the molecule is CCC(CC#N)N1CCc2ccccc21. The Kier molecular flexibility index (Phi) is 2.91. The van der Waals surface area contributed by atoms with E-state index in [0.717, 1.165) is 19.4 Å². The Morgan fingerprint density at radius 3 is 3.00 bits per heavy atom. The summed E-state index contributed by atoms with van der Waals surface area (Å²) in [6, 6.07) is 11.2. The predicted molar refractivity (Wildman–Crippen MR) is 61.8 cm³/mol. The van der Waals surface area contributed by atoms with E-state index in [4.69, 9.17) is 5.26 Å². The largest absolute Gasteiger partial charge is 0.367 e. The van der Waals surface area contributed by atoms with Crippen molar-refractivity contribution in [1.29, 1.82) is 5.26 Å². The molecule has 1 unspecified atom stereocenters. The average molecular weight is 200 g/mol. The number of benzene rings is 1. The fourth-order valence-corrected chi connectivity index (χ4v) is 2.32. The number of fused-ring (bicyclic) bond motifs is 1. The molecule has 1 aromatic rings. The van der Waals surface area contributed by atoms with Crippen LogP contribution in [0.4, 0.5) is 5.69 Å². The molecule has 15 heavy (non-hydrogen) atoms. The van der Waals surface area contributed by atoms with Crippen molar-refractivity contribution >= 4 is 5.69 Å². The zero-order chi connectivity index (χ0) is 10.7. The summed E-state index contributed by atoms with van der Waals surface area (Å²) in [4.78, 5) is 2.39. The molecule has 1 heterocycles. The molecule has 1 aliphatic rings. The van der Waals surface area contributed by atoms with Crippen molar-refractivity contribution in [3.63, 3.8) is 0 Å². The summed E-state index contributed by atoms with van der Waals surface area (Å²) >= 11 is 0. The molecule has 0 saturated carbocycles. The molecule has 1 atom stereocenters. The summed E-state index contributed by atoms with van der Waals surface area (Å²) in [6.45, 7) is 3.22. The third kappa shape index (κ3) is 1.83. The highest BCUT2D eigenvalue weighted by molar-refractivity contribution is 5.58. The number of para-hydroxylation sites is 1. The number of anilines is 1. The van der Waals surface area contributed by atoms with Crippen LogP contribution in [-0.4, -0.2) is 12.6 Å². The number of rotatable bonds is 3. The molecule has 0 spiro atoms. The molecule has 0 N–H and O–H groups in total. The van der Waals surface area contributed by atoms with Gasteiger partial charge in [-0.15, -0.1) is 0 Å². The van der Waals surface area contributed by atoms with Crippen LogP contribution in [0.15, 0.2) is 24.3 Å². The molecule has 1 aromatic carbocycles. The van der Waals surface area contributed by atoms with Crippen LogP contribution >= 0.6 is 0 Å². The van der Waals surface area contributed by atoms with E-state index in [1.54, 1.807) is 0 Å². The third-order valence-electron chi connectivity index (χ3n) is 3.16. The van der Waals surface area contributed by atoms with Gasteiger partial charge in [0, 0.05) is 18.3 Å². The minimum atomic E-state index is 0.388. The summed E-state index contributed by atoms with van der Waals surface area (Å²) < 4.78 is 0. The molecular weight excluding hydrogens is 184 g/mol. The monoisotopic (exact) mass is 200 g/mol. The Morgan fingerprint density at radius 1 is 1.47 bits per heavy atom. The van der Waals surface area contributed by atoms with Crippen molar-refractivity contribution < 1.29 is 0 Å². The highest BCUT2D eigenvalue weighted by Crippen LogP contribution is 2.30. The molecule has 0 aromatic heterocycles. The lowest BCUT2D eigenvalue weighted by molar-refractivity contribution is 0.598. The second kappa shape index (κ2) is 4.35.